The monoisotopic (exact) mass is 261 g/mol. The zero-order valence-corrected chi connectivity index (χ0v) is 11.1. The van der Waals surface area contributed by atoms with Crippen LogP contribution in [-0.2, 0) is 11.5 Å². The summed E-state index contributed by atoms with van der Waals surface area (Å²) in [7, 11) is 0. The molecule has 0 fully saturated rings. The van der Waals surface area contributed by atoms with Crippen LogP contribution < -0.4 is 5.73 Å². The van der Waals surface area contributed by atoms with Gasteiger partial charge in [0.2, 0.25) is 0 Å². The van der Waals surface area contributed by atoms with Gasteiger partial charge < -0.3 is 5.73 Å². The lowest BCUT2D eigenvalue weighted by atomic mass is 10.2. The molecule has 94 valence electrons. The van der Waals surface area contributed by atoms with E-state index in [0.29, 0.717) is 0 Å². The quantitative estimate of drug-likeness (QED) is 0.837. The number of benzene rings is 2. The van der Waals surface area contributed by atoms with Crippen LogP contribution >= 0.6 is 11.8 Å². The van der Waals surface area contributed by atoms with E-state index >= 15 is 0 Å². The highest BCUT2D eigenvalue weighted by Crippen LogP contribution is 2.20. The molecule has 3 heteroatoms. The van der Waals surface area contributed by atoms with Crippen molar-refractivity contribution in [2.24, 2.45) is 0 Å². The molecule has 0 aliphatic carbocycles. The molecular formula is C15H16FNS. The molecule has 0 atom stereocenters. The van der Waals surface area contributed by atoms with Gasteiger partial charge in [-0.15, -0.1) is 0 Å². The Bertz CT molecular complexity index is 540. The van der Waals surface area contributed by atoms with Crippen LogP contribution in [0.3, 0.4) is 0 Å². The van der Waals surface area contributed by atoms with Crippen LogP contribution in [-0.4, -0.2) is 0 Å². The number of nitrogens with two attached hydrogens (primary N) is 1. The molecule has 2 N–H and O–H groups in total. The maximum absolute atomic E-state index is 13.2. The van der Waals surface area contributed by atoms with Gasteiger partial charge in [0.25, 0.3) is 0 Å². The van der Waals surface area contributed by atoms with Crippen molar-refractivity contribution in [3.8, 4) is 0 Å². The second-order valence-corrected chi connectivity index (χ2v) is 5.32. The number of aryl methyl sites for hydroxylation is 1. The molecule has 0 heterocycles. The second kappa shape index (κ2) is 5.91. The van der Waals surface area contributed by atoms with Gasteiger partial charge >= 0.3 is 0 Å². The van der Waals surface area contributed by atoms with Gasteiger partial charge in [0.15, 0.2) is 0 Å². The Labute approximate surface area is 111 Å². The number of anilines is 1. The maximum Gasteiger partial charge on any atom is 0.146 e. The molecule has 0 aromatic heterocycles. The average Bonchev–Trinajstić information content (AvgIpc) is 2.34. The van der Waals surface area contributed by atoms with Crippen molar-refractivity contribution in [2.75, 3.05) is 5.73 Å². The van der Waals surface area contributed by atoms with E-state index in [1.807, 2.05) is 6.07 Å². The van der Waals surface area contributed by atoms with E-state index in [1.54, 1.807) is 17.8 Å². The molecule has 0 radical (unpaired) electrons. The molecule has 0 bridgehead atoms. The first-order chi connectivity index (χ1) is 8.65. The summed E-state index contributed by atoms with van der Waals surface area (Å²) in [6.45, 7) is 2.09. The second-order valence-electron chi connectivity index (χ2n) is 4.34. The van der Waals surface area contributed by atoms with Gasteiger partial charge in [-0.1, -0.05) is 35.9 Å². The first-order valence-electron chi connectivity index (χ1n) is 5.82. The van der Waals surface area contributed by atoms with E-state index in [0.717, 1.165) is 17.1 Å². The standard InChI is InChI=1S/C15H16FNS/c1-11-3-2-4-12(7-11)9-18-10-13-5-6-15(17)14(16)8-13/h2-8H,9-10,17H2,1H3. The number of hydrogen-bond donors (Lipinski definition) is 1. The summed E-state index contributed by atoms with van der Waals surface area (Å²) in [5.41, 5.74) is 9.20. The zero-order valence-electron chi connectivity index (χ0n) is 10.3. The molecule has 2 aromatic rings. The highest BCUT2D eigenvalue weighted by Gasteiger charge is 2.01. The molecule has 0 aliphatic rings. The zero-order chi connectivity index (χ0) is 13.0. The maximum atomic E-state index is 13.2. The number of thioether (sulfide) groups is 1. The molecule has 0 aliphatic heterocycles. The molecular weight excluding hydrogens is 245 g/mol. The van der Waals surface area contributed by atoms with Crippen LogP contribution in [0.1, 0.15) is 16.7 Å². The van der Waals surface area contributed by atoms with Crippen molar-refractivity contribution < 1.29 is 4.39 Å². The molecule has 0 saturated heterocycles. The Morgan fingerprint density at radius 2 is 1.78 bits per heavy atom. The Balaban J connectivity index is 1.90. The third-order valence-corrected chi connectivity index (χ3v) is 3.76. The largest absolute Gasteiger partial charge is 0.396 e. The van der Waals surface area contributed by atoms with Crippen molar-refractivity contribution in [3.05, 3.63) is 65.0 Å². The van der Waals surface area contributed by atoms with Gasteiger partial charge in [-0.3, -0.25) is 0 Å². The average molecular weight is 261 g/mol. The number of hydrogen-bond acceptors (Lipinski definition) is 2. The molecule has 0 amide bonds. The van der Waals surface area contributed by atoms with E-state index in [4.69, 9.17) is 5.73 Å². The van der Waals surface area contributed by atoms with E-state index < -0.39 is 0 Å². The summed E-state index contributed by atoms with van der Waals surface area (Å²) in [5.74, 6) is 1.40. The lowest BCUT2D eigenvalue weighted by Crippen LogP contribution is -1.92. The van der Waals surface area contributed by atoms with Gasteiger partial charge in [0.05, 0.1) is 5.69 Å². The fourth-order valence-corrected chi connectivity index (χ4v) is 2.68. The van der Waals surface area contributed by atoms with Gasteiger partial charge in [-0.2, -0.15) is 11.8 Å². The summed E-state index contributed by atoms with van der Waals surface area (Å²) in [6.07, 6.45) is 0. The third kappa shape index (κ3) is 3.50. The Kier molecular flexibility index (Phi) is 4.26. The first kappa shape index (κ1) is 13.0. The van der Waals surface area contributed by atoms with Crippen LogP contribution in [0.25, 0.3) is 0 Å². The first-order valence-corrected chi connectivity index (χ1v) is 6.98. The molecule has 1 nitrogen and oxygen atoms in total. The third-order valence-electron chi connectivity index (χ3n) is 2.68. The van der Waals surface area contributed by atoms with E-state index in [9.17, 15) is 4.39 Å². The van der Waals surface area contributed by atoms with Crippen molar-refractivity contribution in [1.82, 2.24) is 0 Å². The van der Waals surface area contributed by atoms with Crippen LogP contribution in [0.15, 0.2) is 42.5 Å². The Hall–Kier alpha value is -1.48. The van der Waals surface area contributed by atoms with Crippen LogP contribution in [0.5, 0.6) is 0 Å². The minimum Gasteiger partial charge on any atom is -0.396 e. The van der Waals surface area contributed by atoms with Crippen molar-refractivity contribution in [3.63, 3.8) is 0 Å². The Morgan fingerprint density at radius 3 is 2.44 bits per heavy atom. The smallest absolute Gasteiger partial charge is 0.146 e. The van der Waals surface area contributed by atoms with E-state index in [-0.39, 0.29) is 11.5 Å². The summed E-state index contributed by atoms with van der Waals surface area (Å²) in [5, 5.41) is 0. The summed E-state index contributed by atoms with van der Waals surface area (Å²) < 4.78 is 13.2. The summed E-state index contributed by atoms with van der Waals surface area (Å²) in [6, 6.07) is 13.5. The summed E-state index contributed by atoms with van der Waals surface area (Å²) in [4.78, 5) is 0. The minimum absolute atomic E-state index is 0.211. The molecule has 0 saturated carbocycles. The van der Waals surface area contributed by atoms with Crippen LogP contribution in [0, 0.1) is 12.7 Å². The summed E-state index contributed by atoms with van der Waals surface area (Å²) >= 11 is 1.78. The normalized spacial score (nSPS) is 10.6. The lowest BCUT2D eigenvalue weighted by Gasteiger charge is -2.04. The van der Waals surface area contributed by atoms with Gasteiger partial charge in [-0.05, 0) is 30.2 Å². The van der Waals surface area contributed by atoms with Gasteiger partial charge in [-0.25, -0.2) is 4.39 Å². The highest BCUT2D eigenvalue weighted by atomic mass is 32.2. The number of rotatable bonds is 4. The van der Waals surface area contributed by atoms with Gasteiger partial charge in [0.1, 0.15) is 5.82 Å². The SMILES string of the molecule is Cc1cccc(CSCc2ccc(N)c(F)c2)c1. The lowest BCUT2D eigenvalue weighted by molar-refractivity contribution is 0.631. The molecule has 0 spiro atoms. The fourth-order valence-electron chi connectivity index (χ4n) is 1.75. The van der Waals surface area contributed by atoms with Crippen molar-refractivity contribution in [2.45, 2.75) is 18.4 Å². The Morgan fingerprint density at radius 1 is 1.06 bits per heavy atom. The van der Waals surface area contributed by atoms with Crippen molar-refractivity contribution >= 4 is 17.4 Å². The number of nitrogen functional groups attached to an aromatic ring is 1. The van der Waals surface area contributed by atoms with E-state index in [2.05, 4.69) is 31.2 Å². The minimum atomic E-state index is -0.330. The van der Waals surface area contributed by atoms with Gasteiger partial charge in [0, 0.05) is 11.5 Å². The van der Waals surface area contributed by atoms with E-state index in [1.165, 1.54) is 17.2 Å². The molecule has 18 heavy (non-hydrogen) atoms. The number of halogens is 1. The highest BCUT2D eigenvalue weighted by molar-refractivity contribution is 7.97. The van der Waals surface area contributed by atoms with Crippen LogP contribution in [0.2, 0.25) is 0 Å². The molecule has 2 aromatic carbocycles. The predicted octanol–water partition coefficient (Wildman–Crippen LogP) is 4.15. The topological polar surface area (TPSA) is 26.0 Å². The van der Waals surface area contributed by atoms with Crippen LogP contribution in [0.4, 0.5) is 10.1 Å². The predicted molar refractivity (Wildman–Crippen MR) is 77.0 cm³/mol. The molecule has 0 unspecified atom stereocenters. The molecule has 2 rings (SSSR count). The van der Waals surface area contributed by atoms with Crippen molar-refractivity contribution in [1.29, 1.82) is 0 Å². The fraction of sp³-hybridized carbons (Fsp3) is 0.200.